The van der Waals surface area contributed by atoms with E-state index in [4.69, 9.17) is 9.84 Å². The Hall–Kier alpha value is -4.04. The summed E-state index contributed by atoms with van der Waals surface area (Å²) in [6.07, 6.45) is 0. The molecule has 3 aromatic heterocycles. The van der Waals surface area contributed by atoms with E-state index in [2.05, 4.69) is 41.5 Å². The molecule has 7 nitrogen and oxygen atoms in total. The molecule has 0 aliphatic rings. The molecule has 0 unspecified atom stereocenters. The lowest BCUT2D eigenvalue weighted by Gasteiger charge is -2.15. The molecule has 0 aliphatic carbocycles. The van der Waals surface area contributed by atoms with Crippen molar-refractivity contribution in [2.75, 3.05) is 11.9 Å². The van der Waals surface area contributed by atoms with Gasteiger partial charge in [-0.15, -0.1) is 21.5 Å². The summed E-state index contributed by atoms with van der Waals surface area (Å²) >= 11 is 1.59. The minimum atomic E-state index is -0.222. The largest absolute Gasteiger partial charge is 0.483 e. The Morgan fingerprint density at radius 1 is 1.06 bits per heavy atom. The quantitative estimate of drug-likeness (QED) is 0.308. The third kappa shape index (κ3) is 4.93. The number of ether oxygens (including phenoxy) is 1. The van der Waals surface area contributed by atoms with E-state index in [9.17, 15) is 4.79 Å². The van der Waals surface area contributed by atoms with Crippen LogP contribution in [-0.2, 0) is 4.79 Å². The molecule has 35 heavy (non-hydrogen) atoms. The maximum absolute atomic E-state index is 12.6. The molecule has 0 bridgehead atoms. The number of amides is 1. The van der Waals surface area contributed by atoms with Gasteiger partial charge in [0.25, 0.3) is 5.91 Å². The topological polar surface area (TPSA) is 81.4 Å². The van der Waals surface area contributed by atoms with Gasteiger partial charge in [0.05, 0.1) is 10.6 Å². The minimum Gasteiger partial charge on any atom is -0.483 e. The molecule has 3 heterocycles. The van der Waals surface area contributed by atoms with E-state index >= 15 is 0 Å². The van der Waals surface area contributed by atoms with E-state index in [1.165, 1.54) is 0 Å². The number of rotatable bonds is 7. The zero-order valence-electron chi connectivity index (χ0n) is 19.7. The van der Waals surface area contributed by atoms with Crippen molar-refractivity contribution < 1.29 is 9.53 Å². The number of thiophene rings is 1. The number of carbonyl (C=O) groups excluding carboxylic acids is 1. The van der Waals surface area contributed by atoms with Gasteiger partial charge in [0.2, 0.25) is 0 Å². The van der Waals surface area contributed by atoms with Gasteiger partial charge in [-0.2, -0.15) is 9.61 Å². The van der Waals surface area contributed by atoms with Crippen molar-refractivity contribution in [2.24, 2.45) is 0 Å². The van der Waals surface area contributed by atoms with Crippen molar-refractivity contribution in [3.05, 3.63) is 83.2 Å². The summed E-state index contributed by atoms with van der Waals surface area (Å²) < 4.78 is 7.62. The second kappa shape index (κ2) is 9.68. The predicted molar refractivity (Wildman–Crippen MR) is 139 cm³/mol. The fourth-order valence-electron chi connectivity index (χ4n) is 3.84. The van der Waals surface area contributed by atoms with Crippen LogP contribution >= 0.6 is 11.3 Å². The Morgan fingerprint density at radius 3 is 2.74 bits per heavy atom. The van der Waals surface area contributed by atoms with Crippen molar-refractivity contribution in [1.82, 2.24) is 19.8 Å². The van der Waals surface area contributed by atoms with Crippen LogP contribution in [0.25, 0.3) is 27.6 Å². The zero-order chi connectivity index (χ0) is 24.4. The maximum Gasteiger partial charge on any atom is 0.262 e. The highest BCUT2D eigenvalue weighted by Gasteiger charge is 2.13. The first-order valence-electron chi connectivity index (χ1n) is 11.4. The number of hydrogen-bond donors (Lipinski definition) is 1. The number of nitrogens with one attached hydrogen (secondary N) is 1. The number of hydrogen-bond acceptors (Lipinski definition) is 6. The highest BCUT2D eigenvalue weighted by Crippen LogP contribution is 2.28. The number of aromatic nitrogens is 4. The third-order valence-electron chi connectivity index (χ3n) is 5.60. The average molecular weight is 484 g/mol. The summed E-state index contributed by atoms with van der Waals surface area (Å²) in [4.78, 5) is 13.6. The molecule has 8 heteroatoms. The number of fused-ring (bicyclic) bond motifs is 1. The molecule has 0 saturated heterocycles. The van der Waals surface area contributed by atoms with Crippen LogP contribution in [0.4, 0.5) is 5.69 Å². The van der Waals surface area contributed by atoms with Crippen LogP contribution in [0.3, 0.4) is 0 Å². The molecule has 0 radical (unpaired) electrons. The molecule has 0 saturated carbocycles. The lowest BCUT2D eigenvalue weighted by molar-refractivity contribution is -0.118. The monoisotopic (exact) mass is 483 g/mol. The summed E-state index contributed by atoms with van der Waals surface area (Å²) in [5.74, 6) is 1.54. The van der Waals surface area contributed by atoms with E-state index in [0.717, 1.165) is 33.0 Å². The highest BCUT2D eigenvalue weighted by molar-refractivity contribution is 7.13. The van der Waals surface area contributed by atoms with Gasteiger partial charge in [0.15, 0.2) is 18.1 Å². The molecule has 2 aromatic carbocycles. The Bertz CT molecular complexity index is 1490. The van der Waals surface area contributed by atoms with Crippen LogP contribution in [0, 0.1) is 6.92 Å². The molecule has 5 aromatic rings. The van der Waals surface area contributed by atoms with Crippen molar-refractivity contribution >= 4 is 28.6 Å². The Morgan fingerprint density at radius 2 is 1.94 bits per heavy atom. The molecule has 0 aliphatic heterocycles. The summed E-state index contributed by atoms with van der Waals surface area (Å²) in [7, 11) is 0. The van der Waals surface area contributed by atoms with Crippen molar-refractivity contribution in [3.63, 3.8) is 0 Å². The molecule has 176 valence electrons. The van der Waals surface area contributed by atoms with Crippen LogP contribution in [0.15, 0.2) is 72.1 Å². The number of nitrogens with zero attached hydrogens (tertiary/aromatic N) is 4. The standard InChI is InChI=1S/C27H25N5O2S/c1-17(2)21-10-9-18(3)14-23(21)34-16-26(33)28-20-7-4-6-19(15-20)22-11-12-25-29-30-27(32(25)31-22)24-8-5-13-35-24/h4-15,17H,16H2,1-3H3,(H,28,33). The van der Waals surface area contributed by atoms with Crippen LogP contribution in [0.5, 0.6) is 5.75 Å². The third-order valence-corrected chi connectivity index (χ3v) is 6.46. The normalized spacial score (nSPS) is 11.2. The van der Waals surface area contributed by atoms with E-state index in [1.54, 1.807) is 15.9 Å². The summed E-state index contributed by atoms with van der Waals surface area (Å²) in [6.45, 7) is 6.16. The summed E-state index contributed by atoms with van der Waals surface area (Å²) in [5.41, 5.74) is 5.16. The van der Waals surface area contributed by atoms with Gasteiger partial charge in [0.1, 0.15) is 5.75 Å². The van der Waals surface area contributed by atoms with E-state index in [0.29, 0.717) is 23.1 Å². The first-order valence-corrected chi connectivity index (χ1v) is 12.3. The summed E-state index contributed by atoms with van der Waals surface area (Å²) in [5, 5.41) is 18.2. The molecule has 0 spiro atoms. The van der Waals surface area contributed by atoms with Crippen molar-refractivity contribution in [1.29, 1.82) is 0 Å². The van der Waals surface area contributed by atoms with Crippen LogP contribution in [0.1, 0.15) is 30.9 Å². The van der Waals surface area contributed by atoms with Crippen molar-refractivity contribution in [2.45, 2.75) is 26.7 Å². The fraction of sp³-hybridized carbons (Fsp3) is 0.185. The average Bonchev–Trinajstić information content (AvgIpc) is 3.52. The van der Waals surface area contributed by atoms with Crippen LogP contribution in [-0.4, -0.2) is 32.3 Å². The highest BCUT2D eigenvalue weighted by atomic mass is 32.1. The van der Waals surface area contributed by atoms with Crippen LogP contribution in [0.2, 0.25) is 0 Å². The number of aryl methyl sites for hydroxylation is 1. The molecule has 5 rings (SSSR count). The fourth-order valence-corrected chi connectivity index (χ4v) is 4.54. The number of anilines is 1. The van der Waals surface area contributed by atoms with Gasteiger partial charge < -0.3 is 10.1 Å². The van der Waals surface area contributed by atoms with Gasteiger partial charge >= 0.3 is 0 Å². The SMILES string of the molecule is Cc1ccc(C(C)C)c(OCC(=O)Nc2cccc(-c3ccc4nnc(-c5cccs5)n4n3)c2)c1. The Balaban J connectivity index is 1.33. The minimum absolute atomic E-state index is 0.0670. The second-order valence-corrected chi connectivity index (χ2v) is 9.55. The predicted octanol–water partition coefficient (Wildman–Crippen LogP) is 5.97. The van der Waals surface area contributed by atoms with E-state index < -0.39 is 0 Å². The lowest BCUT2D eigenvalue weighted by atomic mass is 10.0. The molecule has 0 fully saturated rings. The smallest absolute Gasteiger partial charge is 0.262 e. The Kier molecular flexibility index (Phi) is 6.29. The number of carbonyl (C=O) groups is 1. The molecular weight excluding hydrogens is 458 g/mol. The molecule has 1 amide bonds. The van der Waals surface area contributed by atoms with Gasteiger partial charge in [0, 0.05) is 11.3 Å². The van der Waals surface area contributed by atoms with Gasteiger partial charge in [-0.05, 0) is 65.7 Å². The molecule has 0 atom stereocenters. The first kappa shape index (κ1) is 22.7. The lowest BCUT2D eigenvalue weighted by Crippen LogP contribution is -2.20. The Labute approximate surface area is 207 Å². The molecule has 1 N–H and O–H groups in total. The maximum atomic E-state index is 12.6. The summed E-state index contributed by atoms with van der Waals surface area (Å²) in [6, 6.07) is 21.4. The van der Waals surface area contributed by atoms with Crippen molar-refractivity contribution in [3.8, 4) is 27.7 Å². The number of benzene rings is 2. The van der Waals surface area contributed by atoms with E-state index in [1.807, 2.05) is 66.9 Å². The van der Waals surface area contributed by atoms with Gasteiger partial charge in [-0.25, -0.2) is 0 Å². The van der Waals surface area contributed by atoms with E-state index in [-0.39, 0.29) is 12.5 Å². The first-order chi connectivity index (χ1) is 17.0. The van der Waals surface area contributed by atoms with Gasteiger partial charge in [-0.1, -0.05) is 44.2 Å². The van der Waals surface area contributed by atoms with Crippen LogP contribution < -0.4 is 10.1 Å². The second-order valence-electron chi connectivity index (χ2n) is 8.60. The van der Waals surface area contributed by atoms with Gasteiger partial charge in [-0.3, -0.25) is 4.79 Å². The molecular formula is C27H25N5O2S. The zero-order valence-corrected chi connectivity index (χ0v) is 20.5.